The fourth-order valence-electron chi connectivity index (χ4n) is 2.83. The topological polar surface area (TPSA) is 40.5 Å². The van der Waals surface area contributed by atoms with E-state index in [9.17, 15) is 5.11 Å². The van der Waals surface area contributed by atoms with Crippen molar-refractivity contribution in [2.75, 3.05) is 6.61 Å². The van der Waals surface area contributed by atoms with Crippen LogP contribution in [0.2, 0.25) is 0 Å². The van der Waals surface area contributed by atoms with Gasteiger partial charge in [-0.3, -0.25) is 0 Å². The molecule has 2 nitrogen and oxygen atoms in total. The maximum absolute atomic E-state index is 10.7. The van der Waals surface area contributed by atoms with Crippen molar-refractivity contribution in [2.45, 2.75) is 78.2 Å². The highest BCUT2D eigenvalue weighted by atomic mass is 16.3. The first-order chi connectivity index (χ1) is 9.48. The molecule has 0 saturated carbocycles. The Morgan fingerprint density at radius 1 is 0.952 bits per heavy atom. The first kappa shape index (κ1) is 18.2. The zero-order chi connectivity index (χ0) is 16.4. The number of hydrogen-bond acceptors (Lipinski definition) is 2. The van der Waals surface area contributed by atoms with Crippen molar-refractivity contribution in [1.29, 1.82) is 0 Å². The molecule has 0 aromatic heterocycles. The third-order valence-corrected chi connectivity index (χ3v) is 3.91. The number of benzene rings is 1. The molecule has 0 aliphatic heterocycles. The van der Waals surface area contributed by atoms with Crippen molar-refractivity contribution in [3.8, 4) is 0 Å². The molecule has 0 heterocycles. The molecule has 0 aliphatic carbocycles. The molecule has 1 aromatic carbocycles. The first-order valence-corrected chi connectivity index (χ1v) is 7.93. The lowest BCUT2D eigenvalue weighted by Crippen LogP contribution is -2.23. The fourth-order valence-corrected chi connectivity index (χ4v) is 2.83. The summed E-state index contributed by atoms with van der Waals surface area (Å²) in [6, 6.07) is 4.40. The van der Waals surface area contributed by atoms with E-state index in [1.165, 1.54) is 16.7 Å². The van der Waals surface area contributed by atoms with Crippen LogP contribution in [0.1, 0.15) is 82.7 Å². The van der Waals surface area contributed by atoms with E-state index < -0.39 is 6.10 Å². The molecular weight excluding hydrogens is 260 g/mol. The molecule has 2 N–H and O–H groups in total. The van der Waals surface area contributed by atoms with Crippen molar-refractivity contribution in [1.82, 2.24) is 0 Å². The van der Waals surface area contributed by atoms with Gasteiger partial charge in [0.2, 0.25) is 0 Å². The SMILES string of the molecule is Cc1cc(C(C)(C)C)c(C(O)CCCO)c(C(C)(C)C)c1. The Balaban J connectivity index is 3.53. The van der Waals surface area contributed by atoms with Gasteiger partial charge >= 0.3 is 0 Å². The summed E-state index contributed by atoms with van der Waals surface area (Å²) in [6.45, 7) is 15.4. The van der Waals surface area contributed by atoms with Crippen molar-refractivity contribution < 1.29 is 10.2 Å². The van der Waals surface area contributed by atoms with Gasteiger partial charge in [0.25, 0.3) is 0 Å². The van der Waals surface area contributed by atoms with Crippen LogP contribution in [0.15, 0.2) is 12.1 Å². The molecule has 0 radical (unpaired) electrons. The molecule has 0 bridgehead atoms. The second-order valence-corrected chi connectivity index (χ2v) is 8.16. The quantitative estimate of drug-likeness (QED) is 0.863. The van der Waals surface area contributed by atoms with Crippen molar-refractivity contribution in [3.63, 3.8) is 0 Å². The van der Waals surface area contributed by atoms with Gasteiger partial charge in [0.05, 0.1) is 6.10 Å². The van der Waals surface area contributed by atoms with E-state index in [0.29, 0.717) is 12.8 Å². The average molecular weight is 292 g/mol. The molecule has 0 spiro atoms. The number of rotatable bonds is 4. The molecule has 21 heavy (non-hydrogen) atoms. The molecule has 1 unspecified atom stereocenters. The van der Waals surface area contributed by atoms with Gasteiger partial charge in [0, 0.05) is 6.61 Å². The van der Waals surface area contributed by atoms with E-state index in [4.69, 9.17) is 5.11 Å². The van der Waals surface area contributed by atoms with Gasteiger partial charge in [-0.1, -0.05) is 59.2 Å². The molecule has 1 aromatic rings. The van der Waals surface area contributed by atoms with Gasteiger partial charge in [0.1, 0.15) is 0 Å². The predicted molar refractivity (Wildman–Crippen MR) is 89.9 cm³/mol. The molecule has 1 rings (SSSR count). The zero-order valence-electron chi connectivity index (χ0n) is 14.7. The number of aliphatic hydroxyl groups excluding tert-OH is 2. The second kappa shape index (κ2) is 6.50. The number of aryl methyl sites for hydroxylation is 1. The van der Waals surface area contributed by atoms with E-state index in [-0.39, 0.29) is 17.4 Å². The van der Waals surface area contributed by atoms with Crippen molar-refractivity contribution in [2.24, 2.45) is 0 Å². The number of hydrogen-bond donors (Lipinski definition) is 2. The molecule has 120 valence electrons. The highest BCUT2D eigenvalue weighted by molar-refractivity contribution is 5.46. The standard InChI is InChI=1S/C19H32O2/c1-13-11-14(18(2,3)4)17(16(21)9-8-10-20)15(12-13)19(5,6)7/h11-12,16,20-21H,8-10H2,1-7H3. The van der Waals surface area contributed by atoms with Gasteiger partial charge in [-0.2, -0.15) is 0 Å². The second-order valence-electron chi connectivity index (χ2n) is 8.16. The van der Waals surface area contributed by atoms with Crippen LogP contribution in [-0.4, -0.2) is 16.8 Å². The third-order valence-electron chi connectivity index (χ3n) is 3.91. The van der Waals surface area contributed by atoms with Gasteiger partial charge < -0.3 is 10.2 Å². The first-order valence-electron chi connectivity index (χ1n) is 7.93. The van der Waals surface area contributed by atoms with E-state index >= 15 is 0 Å². The maximum atomic E-state index is 10.7. The Bertz CT molecular complexity index is 440. The summed E-state index contributed by atoms with van der Waals surface area (Å²) in [5.74, 6) is 0. The van der Waals surface area contributed by atoms with E-state index in [1.807, 2.05) is 0 Å². The molecule has 0 aliphatic rings. The average Bonchev–Trinajstić information content (AvgIpc) is 2.32. The lowest BCUT2D eigenvalue weighted by atomic mass is 9.73. The van der Waals surface area contributed by atoms with Crippen LogP contribution in [0.5, 0.6) is 0 Å². The van der Waals surface area contributed by atoms with Crippen LogP contribution in [0.3, 0.4) is 0 Å². The Morgan fingerprint density at radius 2 is 1.38 bits per heavy atom. The van der Waals surface area contributed by atoms with Crippen LogP contribution in [-0.2, 0) is 10.8 Å². The maximum Gasteiger partial charge on any atom is 0.0796 e. The molecule has 2 heteroatoms. The van der Waals surface area contributed by atoms with Crippen molar-refractivity contribution in [3.05, 3.63) is 34.4 Å². The lowest BCUT2D eigenvalue weighted by Gasteiger charge is -2.33. The molecule has 1 atom stereocenters. The van der Waals surface area contributed by atoms with E-state index in [1.54, 1.807) is 0 Å². The normalized spacial score (nSPS) is 14.3. The Morgan fingerprint density at radius 3 is 1.71 bits per heavy atom. The molecular formula is C19H32O2. The highest BCUT2D eigenvalue weighted by Crippen LogP contribution is 2.39. The highest BCUT2D eigenvalue weighted by Gasteiger charge is 2.29. The van der Waals surface area contributed by atoms with E-state index in [2.05, 4.69) is 60.6 Å². The lowest BCUT2D eigenvalue weighted by molar-refractivity contribution is 0.147. The summed E-state index contributed by atoms with van der Waals surface area (Å²) in [6.07, 6.45) is 0.717. The number of aliphatic hydroxyl groups is 2. The monoisotopic (exact) mass is 292 g/mol. The molecule has 0 saturated heterocycles. The summed E-state index contributed by atoms with van der Waals surface area (Å²) in [5, 5.41) is 19.8. The molecule has 0 amide bonds. The summed E-state index contributed by atoms with van der Waals surface area (Å²) < 4.78 is 0. The van der Waals surface area contributed by atoms with Crippen LogP contribution in [0, 0.1) is 6.92 Å². The minimum absolute atomic E-state index is 0.0124. The summed E-state index contributed by atoms with van der Waals surface area (Å²) in [7, 11) is 0. The predicted octanol–water partition coefficient (Wildman–Crippen LogP) is 4.40. The third kappa shape index (κ3) is 4.55. The minimum atomic E-state index is -0.513. The van der Waals surface area contributed by atoms with E-state index in [0.717, 1.165) is 5.56 Å². The summed E-state index contributed by atoms with van der Waals surface area (Å²) >= 11 is 0. The van der Waals surface area contributed by atoms with Crippen LogP contribution >= 0.6 is 0 Å². The van der Waals surface area contributed by atoms with Gasteiger partial charge in [-0.15, -0.1) is 0 Å². The minimum Gasteiger partial charge on any atom is -0.396 e. The summed E-state index contributed by atoms with van der Waals surface area (Å²) in [5.41, 5.74) is 4.72. The van der Waals surface area contributed by atoms with Crippen LogP contribution in [0.4, 0.5) is 0 Å². The fraction of sp³-hybridized carbons (Fsp3) is 0.684. The van der Waals surface area contributed by atoms with Gasteiger partial charge in [0.15, 0.2) is 0 Å². The molecule has 0 fully saturated rings. The van der Waals surface area contributed by atoms with Crippen LogP contribution in [0.25, 0.3) is 0 Å². The van der Waals surface area contributed by atoms with Gasteiger partial charge in [-0.05, 0) is 47.3 Å². The Labute approximate surface area is 130 Å². The Hall–Kier alpha value is -0.860. The smallest absolute Gasteiger partial charge is 0.0796 e. The Kier molecular flexibility index (Phi) is 5.63. The summed E-state index contributed by atoms with van der Waals surface area (Å²) in [4.78, 5) is 0. The van der Waals surface area contributed by atoms with Crippen LogP contribution < -0.4 is 0 Å². The zero-order valence-corrected chi connectivity index (χ0v) is 14.7. The largest absolute Gasteiger partial charge is 0.396 e. The van der Waals surface area contributed by atoms with Gasteiger partial charge in [-0.25, -0.2) is 0 Å². The van der Waals surface area contributed by atoms with Crippen molar-refractivity contribution >= 4 is 0 Å².